The van der Waals surface area contributed by atoms with E-state index in [0.29, 0.717) is 28.9 Å². The van der Waals surface area contributed by atoms with Crippen LogP contribution in [0.1, 0.15) is 6.92 Å². The van der Waals surface area contributed by atoms with Gasteiger partial charge in [0.2, 0.25) is 0 Å². The van der Waals surface area contributed by atoms with Crippen LogP contribution in [0.25, 0.3) is 0 Å². The van der Waals surface area contributed by atoms with Crippen LogP contribution in [-0.4, -0.2) is 37.4 Å². The van der Waals surface area contributed by atoms with Crippen LogP contribution in [0.15, 0.2) is 18.2 Å². The number of nitrogens with one attached hydrogen (secondary N) is 3. The molecule has 0 aliphatic carbocycles. The smallest absolute Gasteiger partial charge is 0.279 e. The van der Waals surface area contributed by atoms with E-state index in [2.05, 4.69) is 16.2 Å². The molecular weight excluding hydrogens is 349 g/mol. The summed E-state index contributed by atoms with van der Waals surface area (Å²) in [5.74, 6) is -0.0791. The van der Waals surface area contributed by atoms with E-state index < -0.39 is 12.0 Å². The van der Waals surface area contributed by atoms with E-state index in [9.17, 15) is 4.79 Å². The summed E-state index contributed by atoms with van der Waals surface area (Å²) in [6, 6.07) is 4.77. The van der Waals surface area contributed by atoms with Gasteiger partial charge in [0.25, 0.3) is 5.91 Å². The summed E-state index contributed by atoms with van der Waals surface area (Å²) < 4.78 is 10.3. The summed E-state index contributed by atoms with van der Waals surface area (Å²) in [5, 5.41) is 3.96. The van der Waals surface area contributed by atoms with E-state index >= 15 is 0 Å². The average molecular weight is 366 g/mol. The van der Waals surface area contributed by atoms with Gasteiger partial charge in [0.1, 0.15) is 5.75 Å². The number of ether oxygens (including phenoxy) is 2. The molecule has 0 aromatic heterocycles. The molecule has 1 rings (SSSR count). The van der Waals surface area contributed by atoms with Crippen LogP contribution in [0.2, 0.25) is 10.0 Å². The molecule has 0 unspecified atom stereocenters. The van der Waals surface area contributed by atoms with Crippen molar-refractivity contribution in [3.63, 3.8) is 0 Å². The van der Waals surface area contributed by atoms with Crippen LogP contribution in [0, 0.1) is 0 Å². The van der Waals surface area contributed by atoms with E-state index in [-0.39, 0.29) is 5.11 Å². The number of carbonyl (C=O) groups is 1. The molecule has 3 N–H and O–H groups in total. The van der Waals surface area contributed by atoms with Gasteiger partial charge in [-0.2, -0.15) is 0 Å². The van der Waals surface area contributed by atoms with Crippen molar-refractivity contribution in [1.29, 1.82) is 0 Å². The molecule has 0 aliphatic heterocycles. The number of thiocarbonyl (C=S) groups is 1. The van der Waals surface area contributed by atoms with Gasteiger partial charge in [-0.05, 0) is 31.3 Å². The first kappa shape index (κ1) is 18.8. The fraction of sp³-hybridized carbons (Fsp3) is 0.385. The monoisotopic (exact) mass is 365 g/mol. The maximum atomic E-state index is 11.9. The number of amides is 1. The third-order valence-electron chi connectivity index (χ3n) is 2.46. The molecule has 0 spiro atoms. The number of halogens is 2. The highest BCUT2D eigenvalue weighted by atomic mass is 35.5. The topological polar surface area (TPSA) is 71.6 Å². The second-order valence-corrected chi connectivity index (χ2v) is 5.45. The quantitative estimate of drug-likeness (QED) is 0.406. The Morgan fingerprint density at radius 1 is 1.36 bits per heavy atom. The molecule has 0 radical (unpaired) electrons. The molecule has 0 heterocycles. The van der Waals surface area contributed by atoms with Crippen molar-refractivity contribution >= 4 is 46.4 Å². The van der Waals surface area contributed by atoms with E-state index in [1.807, 2.05) is 0 Å². The Balaban J connectivity index is 2.42. The van der Waals surface area contributed by atoms with Gasteiger partial charge < -0.3 is 14.8 Å². The molecule has 0 bridgehead atoms. The number of hydrazine groups is 1. The lowest BCUT2D eigenvalue weighted by atomic mass is 10.3. The van der Waals surface area contributed by atoms with Crippen LogP contribution in [-0.2, 0) is 9.53 Å². The van der Waals surface area contributed by atoms with Crippen molar-refractivity contribution in [2.45, 2.75) is 13.0 Å². The first-order valence-electron chi connectivity index (χ1n) is 6.38. The summed E-state index contributed by atoms with van der Waals surface area (Å²) >= 11 is 16.8. The molecule has 1 amide bonds. The van der Waals surface area contributed by atoms with Crippen molar-refractivity contribution in [3.8, 4) is 5.75 Å². The van der Waals surface area contributed by atoms with E-state index in [0.717, 1.165) is 0 Å². The van der Waals surface area contributed by atoms with Crippen molar-refractivity contribution in [3.05, 3.63) is 28.2 Å². The van der Waals surface area contributed by atoms with E-state index in [1.54, 1.807) is 26.2 Å². The first-order chi connectivity index (χ1) is 10.4. The molecule has 0 saturated carbocycles. The van der Waals surface area contributed by atoms with E-state index in [4.69, 9.17) is 44.9 Å². The second kappa shape index (κ2) is 9.68. The van der Waals surface area contributed by atoms with Crippen molar-refractivity contribution < 1.29 is 14.3 Å². The maximum Gasteiger partial charge on any atom is 0.279 e. The minimum absolute atomic E-state index is 0.276. The first-order valence-corrected chi connectivity index (χ1v) is 7.54. The summed E-state index contributed by atoms with van der Waals surface area (Å²) in [6.07, 6.45) is -0.787. The third kappa shape index (κ3) is 6.65. The largest absolute Gasteiger partial charge is 0.479 e. The SMILES string of the molecule is COCCNC(=S)NNC(=O)[C@@H](C)Oc1cc(Cl)ccc1Cl. The standard InChI is InChI=1S/C13H17Cl2N3O3S/c1-8(21-11-7-9(14)3-4-10(11)15)12(19)17-18-13(22)16-5-6-20-2/h3-4,7-8H,5-6H2,1-2H3,(H,17,19)(H2,16,18,22)/t8-/m1/s1. The number of hydrogen-bond acceptors (Lipinski definition) is 4. The maximum absolute atomic E-state index is 11.9. The highest BCUT2D eigenvalue weighted by Crippen LogP contribution is 2.28. The molecule has 0 fully saturated rings. The number of rotatable bonds is 6. The van der Waals surface area contributed by atoms with Gasteiger partial charge in [0.05, 0.1) is 11.6 Å². The van der Waals surface area contributed by atoms with Gasteiger partial charge >= 0.3 is 0 Å². The molecule has 6 nitrogen and oxygen atoms in total. The molecule has 1 aromatic carbocycles. The molecular formula is C13H17Cl2N3O3S. The Labute approximate surface area is 144 Å². The molecule has 122 valence electrons. The zero-order valence-corrected chi connectivity index (χ0v) is 14.4. The van der Waals surface area contributed by atoms with Crippen LogP contribution in [0.4, 0.5) is 0 Å². The predicted molar refractivity (Wildman–Crippen MR) is 90.3 cm³/mol. The van der Waals surface area contributed by atoms with Gasteiger partial charge in [0.15, 0.2) is 11.2 Å². The van der Waals surface area contributed by atoms with Crippen LogP contribution in [0.5, 0.6) is 5.75 Å². The van der Waals surface area contributed by atoms with Crippen molar-refractivity contribution in [2.75, 3.05) is 20.3 Å². The highest BCUT2D eigenvalue weighted by molar-refractivity contribution is 7.80. The van der Waals surface area contributed by atoms with E-state index in [1.165, 1.54) is 6.07 Å². The summed E-state index contributed by atoms with van der Waals surface area (Å²) in [6.45, 7) is 2.61. The molecule has 0 saturated heterocycles. The zero-order valence-electron chi connectivity index (χ0n) is 12.1. The Kier molecular flexibility index (Phi) is 8.26. The van der Waals surface area contributed by atoms with Crippen LogP contribution in [0.3, 0.4) is 0 Å². The summed E-state index contributed by atoms with van der Waals surface area (Å²) in [4.78, 5) is 11.9. The van der Waals surface area contributed by atoms with Gasteiger partial charge in [0, 0.05) is 24.7 Å². The predicted octanol–water partition coefficient (Wildman–Crippen LogP) is 1.90. The molecule has 1 aromatic rings. The summed E-state index contributed by atoms with van der Waals surface area (Å²) in [7, 11) is 1.58. The van der Waals surface area contributed by atoms with Gasteiger partial charge in [-0.25, -0.2) is 0 Å². The lowest BCUT2D eigenvalue weighted by Gasteiger charge is -2.17. The Bertz CT molecular complexity index is 531. The van der Waals surface area contributed by atoms with Crippen LogP contribution < -0.4 is 20.9 Å². The second-order valence-electron chi connectivity index (χ2n) is 4.20. The fourth-order valence-corrected chi connectivity index (χ4v) is 1.82. The number of benzene rings is 1. The number of methoxy groups -OCH3 is 1. The van der Waals surface area contributed by atoms with Crippen LogP contribution >= 0.6 is 35.4 Å². The minimum atomic E-state index is -0.787. The third-order valence-corrected chi connectivity index (χ3v) is 3.25. The Morgan fingerprint density at radius 3 is 2.77 bits per heavy atom. The molecule has 22 heavy (non-hydrogen) atoms. The van der Waals surface area contributed by atoms with Gasteiger partial charge in [-0.15, -0.1) is 0 Å². The lowest BCUT2D eigenvalue weighted by Crippen LogP contribution is -2.50. The average Bonchev–Trinajstić information content (AvgIpc) is 2.48. The van der Waals surface area contributed by atoms with Gasteiger partial charge in [-0.3, -0.25) is 15.6 Å². The molecule has 0 aliphatic rings. The Hall–Kier alpha value is -1.28. The van der Waals surface area contributed by atoms with Crippen molar-refractivity contribution in [2.24, 2.45) is 0 Å². The number of carbonyl (C=O) groups excluding carboxylic acids is 1. The fourth-order valence-electron chi connectivity index (χ4n) is 1.34. The Morgan fingerprint density at radius 2 is 2.09 bits per heavy atom. The normalized spacial score (nSPS) is 11.5. The highest BCUT2D eigenvalue weighted by Gasteiger charge is 2.16. The lowest BCUT2D eigenvalue weighted by molar-refractivity contribution is -0.127. The zero-order chi connectivity index (χ0) is 16.5. The molecule has 9 heteroatoms. The van der Waals surface area contributed by atoms with Gasteiger partial charge in [-0.1, -0.05) is 23.2 Å². The summed E-state index contributed by atoms with van der Waals surface area (Å²) in [5.41, 5.74) is 4.99. The molecule has 1 atom stereocenters. The van der Waals surface area contributed by atoms with Crippen molar-refractivity contribution in [1.82, 2.24) is 16.2 Å². The number of hydrogen-bond donors (Lipinski definition) is 3. The minimum Gasteiger partial charge on any atom is -0.479 e.